The number of nitrogens with one attached hydrogen (secondary N) is 1. The van der Waals surface area contributed by atoms with Crippen LogP contribution < -0.4 is 10.1 Å². The summed E-state index contributed by atoms with van der Waals surface area (Å²) in [6.45, 7) is 3.70. The number of benzene rings is 3. The normalized spacial score (nSPS) is 10.1. The molecule has 0 saturated carbocycles. The number of amides is 1. The van der Waals surface area contributed by atoms with Gasteiger partial charge in [-0.1, -0.05) is 36.9 Å². The van der Waals surface area contributed by atoms with E-state index in [1.165, 1.54) is 24.3 Å². The summed E-state index contributed by atoms with van der Waals surface area (Å²) in [5.74, 6) is -1.23. The van der Waals surface area contributed by atoms with Gasteiger partial charge in [-0.3, -0.25) is 4.79 Å². The lowest BCUT2D eigenvalue weighted by Gasteiger charge is -2.11. The maximum Gasteiger partial charge on any atom is 0.343 e. The van der Waals surface area contributed by atoms with Crippen LogP contribution in [-0.4, -0.2) is 11.9 Å². The van der Waals surface area contributed by atoms with E-state index in [2.05, 4.69) is 11.9 Å². The highest BCUT2D eigenvalue weighted by molar-refractivity contribution is 6.05. The van der Waals surface area contributed by atoms with Gasteiger partial charge in [-0.05, 0) is 48.0 Å². The highest BCUT2D eigenvalue weighted by atomic mass is 19.1. The molecule has 1 amide bonds. The first-order valence-electron chi connectivity index (χ1n) is 8.17. The number of carbonyl (C=O) groups is 2. The van der Waals surface area contributed by atoms with Gasteiger partial charge in [0.05, 0.1) is 11.3 Å². The summed E-state index contributed by atoms with van der Waals surface area (Å²) < 4.78 is 18.7. The SMILES string of the molecule is C=Cc1ccc(OC(=O)c2ccccc2)cc1NC(=O)c1cccc(F)c1. The monoisotopic (exact) mass is 361 g/mol. The van der Waals surface area contributed by atoms with Crippen molar-refractivity contribution in [2.45, 2.75) is 0 Å². The van der Waals surface area contributed by atoms with Crippen LogP contribution in [0.1, 0.15) is 26.3 Å². The lowest BCUT2D eigenvalue weighted by molar-refractivity contribution is 0.0735. The number of ether oxygens (including phenoxy) is 1. The van der Waals surface area contributed by atoms with Gasteiger partial charge in [0.1, 0.15) is 11.6 Å². The van der Waals surface area contributed by atoms with Crippen LogP contribution in [0.25, 0.3) is 6.08 Å². The second kappa shape index (κ2) is 8.10. The smallest absolute Gasteiger partial charge is 0.343 e. The van der Waals surface area contributed by atoms with Crippen molar-refractivity contribution < 1.29 is 18.7 Å². The van der Waals surface area contributed by atoms with Crippen LogP contribution in [0, 0.1) is 5.82 Å². The van der Waals surface area contributed by atoms with Crippen LogP contribution in [-0.2, 0) is 0 Å². The maximum absolute atomic E-state index is 13.3. The van der Waals surface area contributed by atoms with E-state index in [-0.39, 0.29) is 11.3 Å². The Labute approximate surface area is 155 Å². The lowest BCUT2D eigenvalue weighted by atomic mass is 10.1. The maximum atomic E-state index is 13.3. The molecule has 134 valence electrons. The average Bonchev–Trinajstić information content (AvgIpc) is 2.69. The first-order chi connectivity index (χ1) is 13.1. The number of carbonyl (C=O) groups excluding carboxylic acids is 2. The van der Waals surface area contributed by atoms with Crippen molar-refractivity contribution in [1.82, 2.24) is 0 Å². The molecular weight excluding hydrogens is 345 g/mol. The van der Waals surface area contributed by atoms with E-state index in [0.29, 0.717) is 16.8 Å². The molecule has 3 aromatic carbocycles. The van der Waals surface area contributed by atoms with Crippen molar-refractivity contribution >= 4 is 23.6 Å². The Kier molecular flexibility index (Phi) is 5.42. The number of halogens is 1. The zero-order valence-corrected chi connectivity index (χ0v) is 14.3. The fourth-order valence-electron chi connectivity index (χ4n) is 2.45. The molecule has 3 aromatic rings. The van der Waals surface area contributed by atoms with Crippen LogP contribution in [0.15, 0.2) is 79.4 Å². The Morgan fingerprint density at radius 2 is 1.67 bits per heavy atom. The number of esters is 1. The first-order valence-corrected chi connectivity index (χ1v) is 8.17. The summed E-state index contributed by atoms with van der Waals surface area (Å²) in [7, 11) is 0. The van der Waals surface area contributed by atoms with Crippen molar-refractivity contribution in [3.05, 3.63) is 102 Å². The van der Waals surface area contributed by atoms with Gasteiger partial charge in [0, 0.05) is 11.6 Å². The van der Waals surface area contributed by atoms with Gasteiger partial charge in [-0.2, -0.15) is 0 Å². The Morgan fingerprint density at radius 3 is 2.37 bits per heavy atom. The molecule has 0 unspecified atom stereocenters. The number of hydrogen-bond acceptors (Lipinski definition) is 3. The molecule has 3 rings (SSSR count). The highest BCUT2D eigenvalue weighted by Crippen LogP contribution is 2.25. The topological polar surface area (TPSA) is 55.4 Å². The third-order valence-corrected chi connectivity index (χ3v) is 3.80. The summed E-state index contributed by atoms with van der Waals surface area (Å²) >= 11 is 0. The summed E-state index contributed by atoms with van der Waals surface area (Å²) in [5, 5.41) is 2.69. The summed E-state index contributed by atoms with van der Waals surface area (Å²) in [6, 6.07) is 18.7. The second-order valence-corrected chi connectivity index (χ2v) is 5.67. The molecule has 0 spiro atoms. The van der Waals surface area contributed by atoms with Crippen LogP contribution >= 0.6 is 0 Å². The van der Waals surface area contributed by atoms with E-state index in [1.807, 2.05) is 0 Å². The van der Waals surface area contributed by atoms with Gasteiger partial charge in [-0.15, -0.1) is 0 Å². The van der Waals surface area contributed by atoms with Crippen LogP contribution in [0.4, 0.5) is 10.1 Å². The number of rotatable bonds is 5. The minimum Gasteiger partial charge on any atom is -0.423 e. The molecule has 5 heteroatoms. The minimum atomic E-state index is -0.510. The third-order valence-electron chi connectivity index (χ3n) is 3.80. The Bertz CT molecular complexity index is 999. The fourth-order valence-corrected chi connectivity index (χ4v) is 2.45. The summed E-state index contributed by atoms with van der Waals surface area (Å²) in [5.41, 5.74) is 1.63. The second-order valence-electron chi connectivity index (χ2n) is 5.67. The van der Waals surface area contributed by atoms with E-state index in [0.717, 1.165) is 6.07 Å². The van der Waals surface area contributed by atoms with Gasteiger partial charge < -0.3 is 10.1 Å². The molecule has 0 atom stereocenters. The van der Waals surface area contributed by atoms with E-state index in [9.17, 15) is 14.0 Å². The van der Waals surface area contributed by atoms with Crippen LogP contribution in [0.5, 0.6) is 5.75 Å². The Balaban J connectivity index is 1.82. The van der Waals surface area contributed by atoms with Crippen molar-refractivity contribution in [2.75, 3.05) is 5.32 Å². The first kappa shape index (κ1) is 18.1. The molecule has 0 aliphatic carbocycles. The van der Waals surface area contributed by atoms with Crippen molar-refractivity contribution in [3.8, 4) is 5.75 Å². The van der Waals surface area contributed by atoms with E-state index >= 15 is 0 Å². The summed E-state index contributed by atoms with van der Waals surface area (Å²) in [4.78, 5) is 24.6. The largest absolute Gasteiger partial charge is 0.423 e. The third kappa shape index (κ3) is 4.46. The van der Waals surface area contributed by atoms with Gasteiger partial charge in [0.25, 0.3) is 5.91 Å². The predicted molar refractivity (Wildman–Crippen MR) is 102 cm³/mol. The number of hydrogen-bond donors (Lipinski definition) is 1. The molecule has 1 N–H and O–H groups in total. The summed E-state index contributed by atoms with van der Waals surface area (Å²) in [6.07, 6.45) is 1.56. The molecule has 0 saturated heterocycles. The van der Waals surface area contributed by atoms with Gasteiger partial charge >= 0.3 is 5.97 Å². The number of anilines is 1. The predicted octanol–water partition coefficient (Wildman–Crippen LogP) is 4.94. The minimum absolute atomic E-state index is 0.177. The molecule has 0 heterocycles. The Hall–Kier alpha value is -3.73. The molecule has 0 fully saturated rings. The highest BCUT2D eigenvalue weighted by Gasteiger charge is 2.12. The zero-order chi connectivity index (χ0) is 19.2. The van der Waals surface area contributed by atoms with Crippen LogP contribution in [0.3, 0.4) is 0 Å². The van der Waals surface area contributed by atoms with Gasteiger partial charge in [0.15, 0.2) is 0 Å². The lowest BCUT2D eigenvalue weighted by Crippen LogP contribution is -2.13. The molecule has 4 nitrogen and oxygen atoms in total. The molecule has 0 aliphatic rings. The average molecular weight is 361 g/mol. The van der Waals surface area contributed by atoms with E-state index in [1.54, 1.807) is 48.5 Å². The molecule has 0 aliphatic heterocycles. The molecule has 0 aromatic heterocycles. The fraction of sp³-hybridized carbons (Fsp3) is 0. The molecule has 0 bridgehead atoms. The van der Waals surface area contributed by atoms with Crippen molar-refractivity contribution in [1.29, 1.82) is 0 Å². The van der Waals surface area contributed by atoms with Crippen molar-refractivity contribution in [2.24, 2.45) is 0 Å². The quantitative estimate of drug-likeness (QED) is 0.517. The van der Waals surface area contributed by atoms with E-state index < -0.39 is 17.7 Å². The van der Waals surface area contributed by atoms with Gasteiger partial charge in [0.2, 0.25) is 0 Å². The Morgan fingerprint density at radius 1 is 0.926 bits per heavy atom. The van der Waals surface area contributed by atoms with Crippen molar-refractivity contribution in [3.63, 3.8) is 0 Å². The molecular formula is C22H16FNO3. The standard InChI is InChI=1S/C22H16FNO3/c1-2-15-11-12-19(27-22(26)16-7-4-3-5-8-16)14-20(15)24-21(25)17-9-6-10-18(23)13-17/h2-14H,1H2,(H,24,25). The van der Waals surface area contributed by atoms with E-state index in [4.69, 9.17) is 4.74 Å². The van der Waals surface area contributed by atoms with Crippen LogP contribution in [0.2, 0.25) is 0 Å². The van der Waals surface area contributed by atoms with Gasteiger partial charge in [-0.25, -0.2) is 9.18 Å². The zero-order valence-electron chi connectivity index (χ0n) is 14.3. The molecule has 0 radical (unpaired) electrons. The molecule has 27 heavy (non-hydrogen) atoms.